The Morgan fingerprint density at radius 3 is 2.71 bits per heavy atom. The van der Waals surface area contributed by atoms with E-state index in [0.29, 0.717) is 5.69 Å². The molecule has 4 nitrogen and oxygen atoms in total. The summed E-state index contributed by atoms with van der Waals surface area (Å²) in [5.41, 5.74) is 1.30. The number of halogens is 1. The molecule has 0 bridgehead atoms. The van der Waals surface area contributed by atoms with Gasteiger partial charge in [0.15, 0.2) is 11.5 Å². The molecule has 0 aliphatic carbocycles. The van der Waals surface area contributed by atoms with Crippen LogP contribution in [0, 0.1) is 12.7 Å². The predicted molar refractivity (Wildman–Crippen MR) is 90.6 cm³/mol. The maximum Gasteiger partial charge on any atom is 0.294 e. The SMILES string of the molecule is CCC(=O)C1=C(O)C(=O)N(c2cccc(F)c2)C1c1sccc1C. The minimum absolute atomic E-state index is 0.0808. The number of nitrogens with zero attached hydrogens (tertiary/aromatic N) is 1. The lowest BCUT2D eigenvalue weighted by Crippen LogP contribution is -2.30. The van der Waals surface area contributed by atoms with E-state index >= 15 is 0 Å². The topological polar surface area (TPSA) is 57.6 Å². The average molecular weight is 345 g/mol. The number of aliphatic hydroxyl groups is 1. The summed E-state index contributed by atoms with van der Waals surface area (Å²) in [5.74, 6) is -2.02. The highest BCUT2D eigenvalue weighted by Crippen LogP contribution is 2.44. The van der Waals surface area contributed by atoms with E-state index in [1.165, 1.54) is 34.4 Å². The molecule has 1 atom stereocenters. The van der Waals surface area contributed by atoms with Gasteiger partial charge in [0, 0.05) is 17.0 Å². The molecule has 124 valence electrons. The lowest BCUT2D eigenvalue weighted by Gasteiger charge is -2.26. The van der Waals surface area contributed by atoms with E-state index < -0.39 is 23.5 Å². The maximum absolute atomic E-state index is 13.6. The molecule has 3 rings (SSSR count). The van der Waals surface area contributed by atoms with Crippen molar-refractivity contribution in [3.63, 3.8) is 0 Å². The highest BCUT2D eigenvalue weighted by molar-refractivity contribution is 7.10. The van der Waals surface area contributed by atoms with Crippen molar-refractivity contribution >= 4 is 28.7 Å². The molecule has 1 aromatic carbocycles. The van der Waals surface area contributed by atoms with Gasteiger partial charge in [-0.05, 0) is 42.1 Å². The zero-order valence-corrected chi connectivity index (χ0v) is 14.1. The first-order chi connectivity index (χ1) is 11.5. The van der Waals surface area contributed by atoms with Crippen LogP contribution in [0.25, 0.3) is 0 Å². The fourth-order valence-corrected chi connectivity index (χ4v) is 3.91. The van der Waals surface area contributed by atoms with Crippen LogP contribution < -0.4 is 4.90 Å². The van der Waals surface area contributed by atoms with Gasteiger partial charge in [0.2, 0.25) is 0 Å². The number of carbonyl (C=O) groups is 2. The van der Waals surface area contributed by atoms with Crippen molar-refractivity contribution in [3.05, 3.63) is 63.3 Å². The van der Waals surface area contributed by atoms with Crippen LogP contribution in [-0.4, -0.2) is 16.8 Å². The van der Waals surface area contributed by atoms with Crippen molar-refractivity contribution in [2.75, 3.05) is 4.90 Å². The van der Waals surface area contributed by atoms with Crippen LogP contribution in [0.5, 0.6) is 0 Å². The third kappa shape index (κ3) is 2.53. The van der Waals surface area contributed by atoms with Crippen LogP contribution >= 0.6 is 11.3 Å². The fraction of sp³-hybridized carbons (Fsp3) is 0.222. The van der Waals surface area contributed by atoms with Gasteiger partial charge in [0.05, 0.1) is 5.57 Å². The van der Waals surface area contributed by atoms with Crippen LogP contribution in [0.2, 0.25) is 0 Å². The summed E-state index contributed by atoms with van der Waals surface area (Å²) in [4.78, 5) is 27.1. The third-order valence-electron chi connectivity index (χ3n) is 4.07. The lowest BCUT2D eigenvalue weighted by atomic mass is 9.98. The monoisotopic (exact) mass is 345 g/mol. The summed E-state index contributed by atoms with van der Waals surface area (Å²) in [6, 6.07) is 6.74. The molecule has 0 saturated carbocycles. The molecule has 0 radical (unpaired) electrons. The van der Waals surface area contributed by atoms with Gasteiger partial charge in [0.25, 0.3) is 5.91 Å². The number of rotatable bonds is 4. The first-order valence-corrected chi connectivity index (χ1v) is 8.43. The summed E-state index contributed by atoms with van der Waals surface area (Å²) in [6.07, 6.45) is 0.171. The van der Waals surface area contributed by atoms with Gasteiger partial charge < -0.3 is 5.11 Å². The van der Waals surface area contributed by atoms with Gasteiger partial charge in [-0.1, -0.05) is 13.0 Å². The number of ketones is 1. The molecule has 1 amide bonds. The summed E-state index contributed by atoms with van der Waals surface area (Å²) in [6.45, 7) is 3.56. The number of aryl methyl sites for hydroxylation is 1. The minimum Gasteiger partial charge on any atom is -0.503 e. The van der Waals surface area contributed by atoms with Gasteiger partial charge in [0.1, 0.15) is 11.9 Å². The summed E-state index contributed by atoms with van der Waals surface area (Å²) in [7, 11) is 0. The van der Waals surface area contributed by atoms with Gasteiger partial charge in [-0.2, -0.15) is 0 Å². The standard InChI is InChI=1S/C18H16FNO3S/c1-3-13(21)14-15(17-10(2)7-8-24-17)20(18(23)16(14)22)12-6-4-5-11(19)9-12/h4-9,15,22H,3H2,1-2H3. The molecule has 1 unspecified atom stereocenters. The number of hydrogen-bond acceptors (Lipinski definition) is 4. The summed E-state index contributed by atoms with van der Waals surface area (Å²) < 4.78 is 13.6. The number of benzene rings is 1. The highest BCUT2D eigenvalue weighted by Gasteiger charge is 2.44. The maximum atomic E-state index is 13.6. The molecular weight excluding hydrogens is 329 g/mol. The molecule has 0 fully saturated rings. The van der Waals surface area contributed by atoms with Crippen LogP contribution in [0.1, 0.15) is 29.8 Å². The fourth-order valence-electron chi connectivity index (χ4n) is 2.89. The van der Waals surface area contributed by atoms with E-state index in [4.69, 9.17) is 0 Å². The lowest BCUT2D eigenvalue weighted by molar-refractivity contribution is -0.118. The summed E-state index contributed by atoms with van der Waals surface area (Å²) >= 11 is 1.40. The zero-order chi connectivity index (χ0) is 17.4. The van der Waals surface area contributed by atoms with Gasteiger partial charge in [-0.25, -0.2) is 4.39 Å². The van der Waals surface area contributed by atoms with Crippen LogP contribution in [0.4, 0.5) is 10.1 Å². The number of hydrogen-bond donors (Lipinski definition) is 1. The molecular formula is C18H16FNO3S. The van der Waals surface area contributed by atoms with Gasteiger partial charge in [-0.3, -0.25) is 14.5 Å². The third-order valence-corrected chi connectivity index (χ3v) is 5.14. The Bertz CT molecular complexity index is 855. The largest absolute Gasteiger partial charge is 0.503 e. The van der Waals surface area contributed by atoms with E-state index in [1.54, 1.807) is 13.0 Å². The predicted octanol–water partition coefficient (Wildman–Crippen LogP) is 4.07. The van der Waals surface area contributed by atoms with Crippen molar-refractivity contribution < 1.29 is 19.1 Å². The Kier molecular flexibility index (Phi) is 4.24. The van der Waals surface area contributed by atoms with E-state index in [2.05, 4.69) is 0 Å². The number of aliphatic hydroxyl groups excluding tert-OH is 1. The van der Waals surface area contributed by atoms with Gasteiger partial charge >= 0.3 is 0 Å². The van der Waals surface area contributed by atoms with Crippen molar-refractivity contribution in [2.45, 2.75) is 26.3 Å². The number of Topliss-reactive ketones (excluding diaryl/α,β-unsaturated/α-hetero) is 1. The van der Waals surface area contributed by atoms with Gasteiger partial charge in [-0.15, -0.1) is 11.3 Å². The molecule has 0 saturated heterocycles. The van der Waals surface area contributed by atoms with E-state index in [0.717, 1.165) is 10.4 Å². The van der Waals surface area contributed by atoms with E-state index in [9.17, 15) is 19.1 Å². The van der Waals surface area contributed by atoms with E-state index in [1.807, 2.05) is 18.4 Å². The molecule has 1 aromatic heterocycles. The first-order valence-electron chi connectivity index (χ1n) is 7.55. The molecule has 1 N–H and O–H groups in total. The number of thiophene rings is 1. The number of amides is 1. The molecule has 24 heavy (non-hydrogen) atoms. The first kappa shape index (κ1) is 16.4. The van der Waals surface area contributed by atoms with Crippen molar-refractivity contribution in [1.82, 2.24) is 0 Å². The molecule has 0 spiro atoms. The Hall–Kier alpha value is -2.47. The van der Waals surface area contributed by atoms with Crippen LogP contribution in [0.15, 0.2) is 47.0 Å². The number of anilines is 1. The molecule has 6 heteroatoms. The quantitative estimate of drug-likeness (QED) is 0.908. The Labute approximate surface area is 142 Å². The second-order valence-corrected chi connectivity index (χ2v) is 6.51. The summed E-state index contributed by atoms with van der Waals surface area (Å²) in [5, 5.41) is 12.2. The minimum atomic E-state index is -0.730. The van der Waals surface area contributed by atoms with Crippen molar-refractivity contribution in [3.8, 4) is 0 Å². The molecule has 2 heterocycles. The second-order valence-electron chi connectivity index (χ2n) is 5.56. The Morgan fingerprint density at radius 2 is 2.12 bits per heavy atom. The average Bonchev–Trinajstić information content (AvgIpc) is 3.08. The second kappa shape index (κ2) is 6.20. The van der Waals surface area contributed by atoms with Crippen molar-refractivity contribution in [1.29, 1.82) is 0 Å². The smallest absolute Gasteiger partial charge is 0.294 e. The highest BCUT2D eigenvalue weighted by atomic mass is 32.1. The number of carbonyl (C=O) groups excluding carboxylic acids is 2. The van der Waals surface area contributed by atoms with E-state index in [-0.39, 0.29) is 17.8 Å². The van der Waals surface area contributed by atoms with Crippen LogP contribution in [0.3, 0.4) is 0 Å². The Balaban J connectivity index is 2.20. The normalized spacial score (nSPS) is 17.7. The Morgan fingerprint density at radius 1 is 1.38 bits per heavy atom. The van der Waals surface area contributed by atoms with Crippen molar-refractivity contribution in [2.24, 2.45) is 0 Å². The molecule has 2 aromatic rings. The molecule has 1 aliphatic rings. The zero-order valence-electron chi connectivity index (χ0n) is 13.2. The van der Waals surface area contributed by atoms with Crippen LogP contribution in [-0.2, 0) is 9.59 Å². The molecule has 1 aliphatic heterocycles.